The maximum absolute atomic E-state index is 6.04. The molecule has 16 heavy (non-hydrogen) atoms. The quantitative estimate of drug-likeness (QED) is 0.662. The number of hydrogen-bond acceptors (Lipinski definition) is 1. The van der Waals surface area contributed by atoms with Crippen molar-refractivity contribution < 1.29 is 0 Å². The van der Waals surface area contributed by atoms with Gasteiger partial charge in [-0.05, 0) is 49.5 Å². The van der Waals surface area contributed by atoms with E-state index in [1.165, 1.54) is 57.8 Å². The van der Waals surface area contributed by atoms with Gasteiger partial charge in [0.05, 0.1) is 0 Å². The Morgan fingerprint density at radius 1 is 0.938 bits per heavy atom. The molecule has 1 saturated carbocycles. The Morgan fingerprint density at radius 3 is 2.06 bits per heavy atom. The molecule has 1 nitrogen and oxygen atoms in total. The van der Waals surface area contributed by atoms with E-state index in [4.69, 9.17) is 5.73 Å². The smallest absolute Gasteiger partial charge is 0.00205 e. The second-order valence-electron chi connectivity index (χ2n) is 6.68. The van der Waals surface area contributed by atoms with E-state index in [2.05, 4.69) is 20.8 Å². The second-order valence-corrected chi connectivity index (χ2v) is 6.68. The molecule has 0 radical (unpaired) electrons. The third-order valence-corrected chi connectivity index (χ3v) is 4.66. The number of rotatable bonds is 6. The molecule has 0 aliphatic heterocycles. The number of unbranched alkanes of at least 4 members (excludes halogenated alkanes) is 3. The molecule has 0 spiro atoms. The first-order chi connectivity index (χ1) is 7.54. The normalized spacial score (nSPS) is 23.2. The van der Waals surface area contributed by atoms with Crippen LogP contribution in [0.4, 0.5) is 0 Å². The Labute approximate surface area is 102 Å². The summed E-state index contributed by atoms with van der Waals surface area (Å²) in [4.78, 5) is 0. The van der Waals surface area contributed by atoms with Crippen molar-refractivity contribution in [3.8, 4) is 0 Å². The molecular weight excluding hydrogens is 194 g/mol. The van der Waals surface area contributed by atoms with E-state index in [0.29, 0.717) is 10.8 Å². The lowest BCUT2D eigenvalue weighted by Gasteiger charge is -2.43. The van der Waals surface area contributed by atoms with Gasteiger partial charge in [-0.3, -0.25) is 0 Å². The van der Waals surface area contributed by atoms with Crippen LogP contribution >= 0.6 is 0 Å². The third-order valence-electron chi connectivity index (χ3n) is 4.66. The summed E-state index contributed by atoms with van der Waals surface area (Å²) in [6.07, 6.45) is 12.4. The summed E-state index contributed by atoms with van der Waals surface area (Å²) in [6, 6.07) is 0. The van der Waals surface area contributed by atoms with Crippen molar-refractivity contribution in [2.45, 2.75) is 78.6 Å². The van der Waals surface area contributed by atoms with Crippen LogP contribution in [0.5, 0.6) is 0 Å². The second kappa shape index (κ2) is 6.05. The molecule has 0 amide bonds. The molecule has 1 fully saturated rings. The molecule has 1 aliphatic rings. The van der Waals surface area contributed by atoms with Crippen LogP contribution < -0.4 is 5.73 Å². The highest BCUT2D eigenvalue weighted by atomic mass is 14.6. The first-order valence-corrected chi connectivity index (χ1v) is 7.24. The minimum absolute atomic E-state index is 0.503. The molecule has 1 aliphatic carbocycles. The van der Waals surface area contributed by atoms with Gasteiger partial charge >= 0.3 is 0 Å². The molecule has 0 aromatic heterocycles. The molecule has 0 aromatic rings. The zero-order valence-electron chi connectivity index (χ0n) is 11.6. The van der Waals surface area contributed by atoms with Gasteiger partial charge in [0.1, 0.15) is 0 Å². The molecule has 0 heterocycles. The molecule has 0 bridgehead atoms. The molecule has 2 N–H and O–H groups in total. The fourth-order valence-electron chi connectivity index (χ4n) is 2.94. The summed E-state index contributed by atoms with van der Waals surface area (Å²) in [5, 5.41) is 0. The van der Waals surface area contributed by atoms with Gasteiger partial charge in [-0.2, -0.15) is 0 Å². The average Bonchev–Trinajstić information content (AvgIpc) is 2.27. The van der Waals surface area contributed by atoms with Gasteiger partial charge in [0, 0.05) is 0 Å². The minimum atomic E-state index is 0.503. The molecule has 96 valence electrons. The van der Waals surface area contributed by atoms with E-state index in [1.807, 2.05) is 0 Å². The SMILES string of the molecule is CCCCCCC1(CN)CCC(C)(C)CC1. The Balaban J connectivity index is 2.34. The van der Waals surface area contributed by atoms with Gasteiger partial charge < -0.3 is 5.73 Å². The Morgan fingerprint density at radius 2 is 1.56 bits per heavy atom. The van der Waals surface area contributed by atoms with Crippen molar-refractivity contribution in [3.63, 3.8) is 0 Å². The van der Waals surface area contributed by atoms with Crippen molar-refractivity contribution in [3.05, 3.63) is 0 Å². The van der Waals surface area contributed by atoms with Gasteiger partial charge in [-0.25, -0.2) is 0 Å². The lowest BCUT2D eigenvalue weighted by Crippen LogP contribution is -2.37. The lowest BCUT2D eigenvalue weighted by molar-refractivity contribution is 0.0966. The zero-order valence-corrected chi connectivity index (χ0v) is 11.6. The monoisotopic (exact) mass is 225 g/mol. The van der Waals surface area contributed by atoms with Crippen molar-refractivity contribution >= 4 is 0 Å². The fraction of sp³-hybridized carbons (Fsp3) is 1.00. The van der Waals surface area contributed by atoms with Crippen molar-refractivity contribution in [2.75, 3.05) is 6.54 Å². The van der Waals surface area contributed by atoms with Crippen LogP contribution in [-0.2, 0) is 0 Å². The van der Waals surface area contributed by atoms with Crippen LogP contribution in [0.25, 0.3) is 0 Å². The summed E-state index contributed by atoms with van der Waals surface area (Å²) in [5.74, 6) is 0. The number of hydrogen-bond donors (Lipinski definition) is 1. The zero-order chi connectivity index (χ0) is 12.1. The van der Waals surface area contributed by atoms with Gasteiger partial charge in [0.2, 0.25) is 0 Å². The van der Waals surface area contributed by atoms with E-state index in [0.717, 1.165) is 6.54 Å². The van der Waals surface area contributed by atoms with Gasteiger partial charge in [0.25, 0.3) is 0 Å². The highest BCUT2D eigenvalue weighted by Gasteiger charge is 2.36. The fourth-order valence-corrected chi connectivity index (χ4v) is 2.94. The molecule has 0 unspecified atom stereocenters. The van der Waals surface area contributed by atoms with Crippen molar-refractivity contribution in [2.24, 2.45) is 16.6 Å². The van der Waals surface area contributed by atoms with E-state index in [1.54, 1.807) is 0 Å². The van der Waals surface area contributed by atoms with Gasteiger partial charge in [-0.1, -0.05) is 46.5 Å². The summed E-state index contributed by atoms with van der Waals surface area (Å²) in [7, 11) is 0. The van der Waals surface area contributed by atoms with Crippen molar-refractivity contribution in [1.82, 2.24) is 0 Å². The standard InChI is InChI=1S/C15H31N/c1-4-5-6-7-8-15(13-16)11-9-14(2,3)10-12-15/h4-13,16H2,1-3H3. The molecule has 1 heteroatoms. The van der Waals surface area contributed by atoms with Crippen LogP contribution in [0, 0.1) is 10.8 Å². The summed E-state index contributed by atoms with van der Waals surface area (Å²) in [5.41, 5.74) is 7.12. The van der Waals surface area contributed by atoms with Gasteiger partial charge in [-0.15, -0.1) is 0 Å². The average molecular weight is 225 g/mol. The first-order valence-electron chi connectivity index (χ1n) is 7.24. The van der Waals surface area contributed by atoms with Gasteiger partial charge in [0.15, 0.2) is 0 Å². The topological polar surface area (TPSA) is 26.0 Å². The van der Waals surface area contributed by atoms with E-state index in [9.17, 15) is 0 Å². The van der Waals surface area contributed by atoms with Crippen LogP contribution in [0.1, 0.15) is 78.6 Å². The Bertz CT molecular complexity index is 186. The van der Waals surface area contributed by atoms with Crippen LogP contribution in [0.15, 0.2) is 0 Å². The van der Waals surface area contributed by atoms with Crippen LogP contribution in [0.3, 0.4) is 0 Å². The Hall–Kier alpha value is -0.0400. The van der Waals surface area contributed by atoms with E-state index in [-0.39, 0.29) is 0 Å². The maximum Gasteiger partial charge on any atom is -0.00205 e. The maximum atomic E-state index is 6.04. The predicted molar refractivity (Wildman–Crippen MR) is 72.5 cm³/mol. The Kier molecular flexibility index (Phi) is 5.30. The van der Waals surface area contributed by atoms with Crippen LogP contribution in [-0.4, -0.2) is 6.54 Å². The van der Waals surface area contributed by atoms with E-state index < -0.39 is 0 Å². The number of nitrogens with two attached hydrogens (primary N) is 1. The predicted octanol–water partition coefficient (Wildman–Crippen LogP) is 4.50. The van der Waals surface area contributed by atoms with Crippen LogP contribution in [0.2, 0.25) is 0 Å². The lowest BCUT2D eigenvalue weighted by atomic mass is 9.63. The molecule has 0 atom stereocenters. The molecule has 0 saturated heterocycles. The first kappa shape index (κ1) is 14.0. The molecular formula is C15H31N. The minimum Gasteiger partial charge on any atom is -0.330 e. The summed E-state index contributed by atoms with van der Waals surface area (Å²) < 4.78 is 0. The highest BCUT2D eigenvalue weighted by Crippen LogP contribution is 2.47. The highest BCUT2D eigenvalue weighted by molar-refractivity contribution is 4.89. The molecule has 1 rings (SSSR count). The summed E-state index contributed by atoms with van der Waals surface area (Å²) >= 11 is 0. The largest absolute Gasteiger partial charge is 0.330 e. The van der Waals surface area contributed by atoms with Crippen molar-refractivity contribution in [1.29, 1.82) is 0 Å². The third kappa shape index (κ3) is 4.08. The summed E-state index contributed by atoms with van der Waals surface area (Å²) in [6.45, 7) is 8.01. The van der Waals surface area contributed by atoms with E-state index >= 15 is 0 Å². The molecule has 0 aromatic carbocycles.